The molecular weight excluding hydrogens is 349 g/mol. The molecule has 120 valence electrons. The number of halogens is 1. The first-order valence-corrected chi connectivity index (χ1v) is 8.01. The fourth-order valence-corrected chi connectivity index (χ4v) is 3.12. The zero-order valence-electron chi connectivity index (χ0n) is 12.1. The Morgan fingerprint density at radius 1 is 1.21 bits per heavy atom. The molecule has 5 nitrogen and oxygen atoms in total. The molecule has 3 rings (SSSR count). The Hall–Kier alpha value is -2.58. The number of nitrogens with zero attached hydrogens (tertiary/aromatic N) is 2. The van der Waals surface area contributed by atoms with Crippen LogP contribution in [0.25, 0.3) is 6.08 Å². The van der Waals surface area contributed by atoms with Gasteiger partial charge in [0.15, 0.2) is 4.32 Å². The van der Waals surface area contributed by atoms with Crippen molar-refractivity contribution < 1.29 is 14.0 Å². The lowest BCUT2D eigenvalue weighted by Crippen LogP contribution is -2.44. The highest BCUT2D eigenvalue weighted by Gasteiger charge is 2.33. The molecule has 0 unspecified atom stereocenters. The summed E-state index contributed by atoms with van der Waals surface area (Å²) in [6.45, 7) is 0. The zero-order valence-corrected chi connectivity index (χ0v) is 13.7. The van der Waals surface area contributed by atoms with Crippen LogP contribution in [0.2, 0.25) is 0 Å². The number of hydrogen-bond donors (Lipinski definition) is 1. The molecule has 1 aliphatic rings. The zero-order chi connectivity index (χ0) is 17.1. The first-order valence-electron chi connectivity index (χ1n) is 6.79. The average Bonchev–Trinajstić information content (AvgIpc) is 2.84. The van der Waals surface area contributed by atoms with Crippen LogP contribution in [0.5, 0.6) is 0 Å². The number of benzene rings is 1. The monoisotopic (exact) mass is 359 g/mol. The maximum atomic E-state index is 12.9. The molecule has 0 saturated carbocycles. The van der Waals surface area contributed by atoms with Gasteiger partial charge in [-0.1, -0.05) is 11.8 Å². The topological polar surface area (TPSA) is 62.3 Å². The number of thioether (sulfide) groups is 1. The Kier molecular flexibility index (Phi) is 4.68. The van der Waals surface area contributed by atoms with Gasteiger partial charge < -0.3 is 0 Å². The van der Waals surface area contributed by atoms with Crippen molar-refractivity contribution in [3.8, 4) is 0 Å². The molecule has 1 aromatic heterocycles. The molecule has 2 amide bonds. The van der Waals surface area contributed by atoms with E-state index in [2.05, 4.69) is 10.4 Å². The van der Waals surface area contributed by atoms with E-state index >= 15 is 0 Å². The first-order chi connectivity index (χ1) is 11.5. The molecule has 0 atom stereocenters. The van der Waals surface area contributed by atoms with Gasteiger partial charge in [-0.15, -0.1) is 0 Å². The van der Waals surface area contributed by atoms with Crippen LogP contribution in [0.1, 0.15) is 15.9 Å². The second-order valence-corrected chi connectivity index (χ2v) is 6.42. The number of pyridine rings is 1. The van der Waals surface area contributed by atoms with Gasteiger partial charge in [0.1, 0.15) is 5.82 Å². The average molecular weight is 359 g/mol. The van der Waals surface area contributed by atoms with Gasteiger partial charge in [-0.3, -0.25) is 20.0 Å². The Morgan fingerprint density at radius 2 is 1.88 bits per heavy atom. The van der Waals surface area contributed by atoms with E-state index in [1.807, 2.05) is 0 Å². The predicted octanol–water partition coefficient (Wildman–Crippen LogP) is 2.77. The number of thiocarbonyl (C=S) groups is 1. The Morgan fingerprint density at radius 3 is 2.54 bits per heavy atom. The third-order valence-electron chi connectivity index (χ3n) is 3.12. The van der Waals surface area contributed by atoms with Crippen LogP contribution < -0.4 is 5.43 Å². The van der Waals surface area contributed by atoms with Crippen molar-refractivity contribution in [3.05, 3.63) is 70.6 Å². The molecule has 1 N–H and O–H groups in total. The van der Waals surface area contributed by atoms with E-state index in [9.17, 15) is 14.0 Å². The van der Waals surface area contributed by atoms with Crippen molar-refractivity contribution in [1.82, 2.24) is 15.4 Å². The largest absolute Gasteiger partial charge is 0.285 e. The van der Waals surface area contributed by atoms with Crippen LogP contribution in [-0.2, 0) is 4.79 Å². The summed E-state index contributed by atoms with van der Waals surface area (Å²) in [5.74, 6) is -1.41. The van der Waals surface area contributed by atoms with Gasteiger partial charge in [-0.05, 0) is 60.3 Å². The second kappa shape index (κ2) is 6.90. The van der Waals surface area contributed by atoms with Crippen molar-refractivity contribution in [2.24, 2.45) is 0 Å². The van der Waals surface area contributed by atoms with Crippen LogP contribution >= 0.6 is 24.0 Å². The van der Waals surface area contributed by atoms with Crippen LogP contribution in [0.3, 0.4) is 0 Å². The van der Waals surface area contributed by atoms with Crippen molar-refractivity contribution in [2.75, 3.05) is 0 Å². The van der Waals surface area contributed by atoms with Crippen molar-refractivity contribution in [3.63, 3.8) is 0 Å². The number of carbonyl (C=O) groups is 2. The summed E-state index contributed by atoms with van der Waals surface area (Å²) >= 11 is 6.23. The van der Waals surface area contributed by atoms with Gasteiger partial charge in [-0.2, -0.15) is 5.01 Å². The maximum Gasteiger partial charge on any atom is 0.285 e. The highest BCUT2D eigenvalue weighted by Crippen LogP contribution is 2.31. The van der Waals surface area contributed by atoms with Gasteiger partial charge in [0.05, 0.1) is 4.91 Å². The summed E-state index contributed by atoms with van der Waals surface area (Å²) in [6.07, 6.45) is 4.90. The third-order valence-corrected chi connectivity index (χ3v) is 4.42. The number of rotatable bonds is 3. The molecule has 24 heavy (non-hydrogen) atoms. The highest BCUT2D eigenvalue weighted by atomic mass is 32.2. The summed E-state index contributed by atoms with van der Waals surface area (Å²) in [5, 5.41) is 1.01. The van der Waals surface area contributed by atoms with E-state index in [1.54, 1.807) is 30.6 Å². The summed E-state index contributed by atoms with van der Waals surface area (Å²) in [6, 6.07) is 8.50. The smallest absolute Gasteiger partial charge is 0.267 e. The van der Waals surface area contributed by atoms with Crippen molar-refractivity contribution in [1.29, 1.82) is 0 Å². The molecule has 1 saturated heterocycles. The third kappa shape index (κ3) is 3.50. The minimum absolute atomic E-state index is 0.218. The number of nitrogens with one attached hydrogen (secondary N) is 1. The van der Waals surface area contributed by atoms with Gasteiger partial charge >= 0.3 is 0 Å². The Balaban J connectivity index is 1.76. The molecule has 1 aliphatic heterocycles. The number of amides is 2. The molecule has 0 radical (unpaired) electrons. The van der Waals surface area contributed by atoms with E-state index in [0.29, 0.717) is 4.91 Å². The van der Waals surface area contributed by atoms with E-state index in [-0.39, 0.29) is 9.88 Å². The lowest BCUT2D eigenvalue weighted by molar-refractivity contribution is -0.123. The quantitative estimate of drug-likeness (QED) is 0.674. The van der Waals surface area contributed by atoms with E-state index < -0.39 is 17.6 Å². The normalized spacial score (nSPS) is 15.9. The number of hydrogen-bond acceptors (Lipinski definition) is 5. The first kappa shape index (κ1) is 16.3. The highest BCUT2D eigenvalue weighted by molar-refractivity contribution is 8.26. The Labute approximate surface area is 146 Å². The molecular formula is C16H10FN3O2S2. The standard InChI is InChI=1S/C16H10FN3O2S2/c17-12-3-1-11(2-4-12)14(21)19-20-15(22)13(24-16(20)23)9-10-5-7-18-8-6-10/h1-9H,(H,19,21). The van der Waals surface area contributed by atoms with Crippen LogP contribution in [-0.4, -0.2) is 26.1 Å². The number of aromatic nitrogens is 1. The maximum absolute atomic E-state index is 12.9. The molecule has 2 aromatic rings. The van der Waals surface area contributed by atoms with Gasteiger partial charge in [0.25, 0.3) is 11.8 Å². The van der Waals surface area contributed by atoms with E-state index in [4.69, 9.17) is 12.2 Å². The summed E-state index contributed by atoms with van der Waals surface area (Å²) in [5.41, 5.74) is 3.46. The summed E-state index contributed by atoms with van der Waals surface area (Å²) in [4.78, 5) is 28.8. The molecule has 0 spiro atoms. The fourth-order valence-electron chi connectivity index (χ4n) is 1.94. The van der Waals surface area contributed by atoms with Gasteiger partial charge in [0.2, 0.25) is 0 Å². The lowest BCUT2D eigenvalue weighted by atomic mass is 10.2. The molecule has 1 fully saturated rings. The molecule has 1 aromatic carbocycles. The van der Waals surface area contributed by atoms with E-state index in [0.717, 1.165) is 22.3 Å². The minimum atomic E-state index is -0.545. The molecule has 0 aliphatic carbocycles. The van der Waals surface area contributed by atoms with Crippen LogP contribution in [0.15, 0.2) is 53.7 Å². The van der Waals surface area contributed by atoms with Gasteiger partial charge in [-0.25, -0.2) is 4.39 Å². The van der Waals surface area contributed by atoms with Crippen molar-refractivity contribution >= 4 is 46.2 Å². The summed E-state index contributed by atoms with van der Waals surface area (Å²) < 4.78 is 13.1. The predicted molar refractivity (Wildman–Crippen MR) is 93.1 cm³/mol. The fraction of sp³-hybridized carbons (Fsp3) is 0. The van der Waals surface area contributed by atoms with Crippen LogP contribution in [0, 0.1) is 5.82 Å². The number of hydrazine groups is 1. The summed E-state index contributed by atoms with van der Waals surface area (Å²) in [7, 11) is 0. The molecule has 8 heteroatoms. The second-order valence-electron chi connectivity index (χ2n) is 4.75. The lowest BCUT2D eigenvalue weighted by Gasteiger charge is -2.15. The Bertz CT molecular complexity index is 838. The minimum Gasteiger partial charge on any atom is -0.267 e. The van der Waals surface area contributed by atoms with Crippen molar-refractivity contribution in [2.45, 2.75) is 0 Å². The van der Waals surface area contributed by atoms with Crippen LogP contribution in [0.4, 0.5) is 4.39 Å². The number of carbonyl (C=O) groups excluding carboxylic acids is 2. The molecule has 0 bridgehead atoms. The molecule has 2 heterocycles. The SMILES string of the molecule is O=C(NN1C(=O)C(=Cc2ccncc2)SC1=S)c1ccc(F)cc1. The van der Waals surface area contributed by atoms with E-state index in [1.165, 1.54) is 24.3 Å². The van der Waals surface area contributed by atoms with Gasteiger partial charge in [0, 0.05) is 18.0 Å².